The first-order valence-corrected chi connectivity index (χ1v) is 7.89. The molecule has 0 spiro atoms. The number of rotatable bonds is 3. The van der Waals surface area contributed by atoms with Gasteiger partial charge in [0.15, 0.2) is 0 Å². The third-order valence-electron chi connectivity index (χ3n) is 3.41. The van der Waals surface area contributed by atoms with Crippen LogP contribution < -0.4 is 5.63 Å². The first kappa shape index (κ1) is 15.5. The van der Waals surface area contributed by atoms with Gasteiger partial charge in [-0.15, -0.1) is 0 Å². The lowest BCUT2D eigenvalue weighted by Crippen LogP contribution is -2.07. The molecule has 0 aliphatic heterocycles. The van der Waals surface area contributed by atoms with E-state index in [1.54, 1.807) is 37.3 Å². The van der Waals surface area contributed by atoms with Gasteiger partial charge in [0, 0.05) is 15.4 Å². The number of carbonyl (C=O) groups excluding carboxylic acids is 1. The van der Waals surface area contributed by atoms with Crippen LogP contribution in [0.1, 0.15) is 17.3 Å². The van der Waals surface area contributed by atoms with E-state index in [9.17, 15) is 9.59 Å². The molecule has 3 rings (SSSR count). The Bertz CT molecular complexity index is 943. The van der Waals surface area contributed by atoms with Crippen LogP contribution in [0.2, 0.25) is 0 Å². The SMILES string of the molecule is CCOC(=O)c1ccc(Br)c(-c2cc3ccccc3oc2=O)c1. The van der Waals surface area contributed by atoms with Crippen LogP contribution in [0.15, 0.2) is 62.2 Å². The minimum absolute atomic E-state index is 0.294. The monoisotopic (exact) mass is 372 g/mol. The molecule has 4 nitrogen and oxygen atoms in total. The summed E-state index contributed by atoms with van der Waals surface area (Å²) >= 11 is 3.42. The molecule has 0 amide bonds. The summed E-state index contributed by atoms with van der Waals surface area (Å²) in [6.45, 7) is 2.04. The van der Waals surface area contributed by atoms with Crippen LogP contribution in [-0.4, -0.2) is 12.6 Å². The van der Waals surface area contributed by atoms with Crippen molar-refractivity contribution in [3.8, 4) is 11.1 Å². The second-order valence-electron chi connectivity index (χ2n) is 4.90. The molecule has 5 heteroatoms. The molecule has 0 aliphatic carbocycles. The molecule has 1 aromatic heterocycles. The molecule has 3 aromatic rings. The zero-order chi connectivity index (χ0) is 16.4. The fraction of sp³-hybridized carbons (Fsp3) is 0.111. The van der Waals surface area contributed by atoms with Gasteiger partial charge in [-0.2, -0.15) is 0 Å². The predicted molar refractivity (Wildman–Crippen MR) is 91.6 cm³/mol. The predicted octanol–water partition coefficient (Wildman–Crippen LogP) is 4.40. The molecule has 2 aromatic carbocycles. The molecule has 0 bridgehead atoms. The summed E-state index contributed by atoms with van der Waals surface area (Å²) in [5, 5.41) is 0.815. The van der Waals surface area contributed by atoms with Crippen LogP contribution in [-0.2, 0) is 4.74 Å². The van der Waals surface area contributed by atoms with Gasteiger partial charge in [-0.05, 0) is 37.3 Å². The normalized spacial score (nSPS) is 10.7. The number of fused-ring (bicyclic) bond motifs is 1. The van der Waals surface area contributed by atoms with Crippen LogP contribution in [0.5, 0.6) is 0 Å². The number of ether oxygens (including phenoxy) is 1. The standard InChI is InChI=1S/C18H13BrO4/c1-2-22-17(20)12-7-8-15(19)13(10-12)14-9-11-5-3-4-6-16(11)23-18(14)21/h3-10H,2H2,1H3. The molecule has 0 N–H and O–H groups in total. The number of esters is 1. The van der Waals surface area contributed by atoms with Crippen molar-refractivity contribution in [1.82, 2.24) is 0 Å². The molecule has 0 atom stereocenters. The maximum Gasteiger partial charge on any atom is 0.344 e. The van der Waals surface area contributed by atoms with E-state index in [1.165, 1.54) is 0 Å². The van der Waals surface area contributed by atoms with Gasteiger partial charge < -0.3 is 9.15 Å². The van der Waals surface area contributed by atoms with Gasteiger partial charge in [0.25, 0.3) is 0 Å². The largest absolute Gasteiger partial charge is 0.462 e. The van der Waals surface area contributed by atoms with Crippen LogP contribution in [0.3, 0.4) is 0 Å². The van der Waals surface area contributed by atoms with Gasteiger partial charge in [-0.1, -0.05) is 34.1 Å². The molecule has 0 unspecified atom stereocenters. The highest BCUT2D eigenvalue weighted by Gasteiger charge is 2.14. The number of hydrogen-bond acceptors (Lipinski definition) is 4. The Labute approximate surface area is 140 Å². The fourth-order valence-electron chi connectivity index (χ4n) is 2.32. The van der Waals surface area contributed by atoms with E-state index >= 15 is 0 Å². The molecular weight excluding hydrogens is 360 g/mol. The molecule has 23 heavy (non-hydrogen) atoms. The van der Waals surface area contributed by atoms with Gasteiger partial charge in [0.05, 0.1) is 17.7 Å². The van der Waals surface area contributed by atoms with Crippen LogP contribution in [0.25, 0.3) is 22.1 Å². The summed E-state index contributed by atoms with van der Waals surface area (Å²) < 4.78 is 11.1. The maximum absolute atomic E-state index is 12.3. The molecule has 0 radical (unpaired) electrons. The third-order valence-corrected chi connectivity index (χ3v) is 4.10. The van der Waals surface area contributed by atoms with E-state index in [0.29, 0.717) is 33.4 Å². The summed E-state index contributed by atoms with van der Waals surface area (Å²) in [6.07, 6.45) is 0. The Kier molecular flexibility index (Phi) is 4.30. The quantitative estimate of drug-likeness (QED) is 0.505. The summed E-state index contributed by atoms with van der Waals surface area (Å²) in [5.74, 6) is -0.425. The Hall–Kier alpha value is -2.40. The lowest BCUT2D eigenvalue weighted by atomic mass is 10.0. The van der Waals surface area contributed by atoms with Gasteiger partial charge in [0.1, 0.15) is 5.58 Å². The van der Waals surface area contributed by atoms with Crippen molar-refractivity contribution in [2.75, 3.05) is 6.61 Å². The second-order valence-corrected chi connectivity index (χ2v) is 5.75. The minimum Gasteiger partial charge on any atom is -0.462 e. The van der Waals surface area contributed by atoms with Gasteiger partial charge >= 0.3 is 11.6 Å². The van der Waals surface area contributed by atoms with E-state index in [-0.39, 0.29) is 0 Å². The highest BCUT2D eigenvalue weighted by Crippen LogP contribution is 2.29. The van der Waals surface area contributed by atoms with Crippen LogP contribution >= 0.6 is 15.9 Å². The molecule has 0 saturated carbocycles. The fourth-order valence-corrected chi connectivity index (χ4v) is 2.78. The Morgan fingerprint density at radius 1 is 1.13 bits per heavy atom. The number of para-hydroxylation sites is 1. The van der Waals surface area contributed by atoms with Crippen molar-refractivity contribution < 1.29 is 13.9 Å². The Morgan fingerprint density at radius 3 is 2.70 bits per heavy atom. The second kappa shape index (κ2) is 6.38. The van der Waals surface area contributed by atoms with E-state index in [2.05, 4.69) is 15.9 Å². The van der Waals surface area contributed by atoms with Crippen molar-refractivity contribution in [3.63, 3.8) is 0 Å². The molecule has 0 saturated heterocycles. The van der Waals surface area contributed by atoms with E-state index in [0.717, 1.165) is 5.39 Å². The van der Waals surface area contributed by atoms with E-state index < -0.39 is 11.6 Å². The number of halogens is 1. The number of hydrogen-bond donors (Lipinski definition) is 0. The maximum atomic E-state index is 12.3. The summed E-state index contributed by atoms with van der Waals surface area (Å²) in [7, 11) is 0. The van der Waals surface area contributed by atoms with Crippen molar-refractivity contribution in [3.05, 3.63) is 69.0 Å². The van der Waals surface area contributed by atoms with Crippen LogP contribution in [0, 0.1) is 0 Å². The smallest absolute Gasteiger partial charge is 0.344 e. The molecule has 116 valence electrons. The van der Waals surface area contributed by atoms with Crippen LogP contribution in [0.4, 0.5) is 0 Å². The first-order valence-electron chi connectivity index (χ1n) is 7.10. The lowest BCUT2D eigenvalue weighted by molar-refractivity contribution is 0.0526. The third kappa shape index (κ3) is 3.05. The minimum atomic E-state index is -0.453. The summed E-state index contributed by atoms with van der Waals surface area (Å²) in [5.41, 5.74) is 1.44. The van der Waals surface area contributed by atoms with Gasteiger partial charge in [-0.25, -0.2) is 9.59 Å². The highest BCUT2D eigenvalue weighted by atomic mass is 79.9. The first-order chi connectivity index (χ1) is 11.1. The zero-order valence-electron chi connectivity index (χ0n) is 12.3. The van der Waals surface area contributed by atoms with Gasteiger partial charge in [0.2, 0.25) is 0 Å². The van der Waals surface area contributed by atoms with Crippen molar-refractivity contribution in [2.24, 2.45) is 0 Å². The molecule has 0 fully saturated rings. The topological polar surface area (TPSA) is 56.5 Å². The van der Waals surface area contributed by atoms with Crippen molar-refractivity contribution in [2.45, 2.75) is 6.92 Å². The zero-order valence-corrected chi connectivity index (χ0v) is 13.9. The van der Waals surface area contributed by atoms with Gasteiger partial charge in [-0.3, -0.25) is 0 Å². The van der Waals surface area contributed by atoms with Crippen molar-refractivity contribution >= 4 is 32.9 Å². The number of benzene rings is 2. The Morgan fingerprint density at radius 2 is 1.91 bits per heavy atom. The molecule has 0 aliphatic rings. The summed E-state index contributed by atoms with van der Waals surface area (Å²) in [6, 6.07) is 14.0. The van der Waals surface area contributed by atoms with E-state index in [4.69, 9.17) is 9.15 Å². The Balaban J connectivity index is 2.18. The average Bonchev–Trinajstić information content (AvgIpc) is 2.55. The summed E-state index contributed by atoms with van der Waals surface area (Å²) in [4.78, 5) is 24.2. The number of carbonyl (C=O) groups is 1. The highest BCUT2D eigenvalue weighted by molar-refractivity contribution is 9.10. The van der Waals surface area contributed by atoms with Crippen molar-refractivity contribution in [1.29, 1.82) is 0 Å². The lowest BCUT2D eigenvalue weighted by Gasteiger charge is -2.08. The average molecular weight is 373 g/mol. The van der Waals surface area contributed by atoms with E-state index in [1.807, 2.05) is 18.2 Å². The molecule has 1 heterocycles. The molecular formula is C18H13BrO4.